The summed E-state index contributed by atoms with van der Waals surface area (Å²) in [6.07, 6.45) is 0. The summed E-state index contributed by atoms with van der Waals surface area (Å²) in [6, 6.07) is 62.6. The van der Waals surface area contributed by atoms with Crippen LogP contribution in [0.4, 0.5) is 17.1 Å². The molecule has 0 saturated heterocycles. The van der Waals surface area contributed by atoms with Gasteiger partial charge < -0.3 is 4.90 Å². The van der Waals surface area contributed by atoms with Crippen molar-refractivity contribution in [3.63, 3.8) is 0 Å². The van der Waals surface area contributed by atoms with Crippen molar-refractivity contribution < 1.29 is 0 Å². The molecule has 0 heterocycles. The second kappa shape index (κ2) is 14.3. The number of rotatable bonds is 5. The first-order valence-electron chi connectivity index (χ1n) is 22.3. The third kappa shape index (κ3) is 6.70. The molecule has 0 aliphatic heterocycles. The molecule has 10 aromatic carbocycles. The number of anilines is 3. The Kier molecular flexibility index (Phi) is 9.16. The molecule has 0 aromatic heterocycles. The highest BCUT2D eigenvalue weighted by Crippen LogP contribution is 2.50. The van der Waals surface area contributed by atoms with Crippen LogP contribution in [0.5, 0.6) is 0 Å². The van der Waals surface area contributed by atoms with E-state index in [2.05, 4.69) is 238 Å². The van der Waals surface area contributed by atoms with Crippen LogP contribution in [0.1, 0.15) is 84.6 Å². The fraction of sp³-hybridized carbons (Fsp3) is 0.213. The van der Waals surface area contributed by atoms with Crippen LogP contribution in [-0.2, 0) is 16.2 Å². The Morgan fingerprint density at radius 1 is 0.355 bits per heavy atom. The SMILES string of the molecule is Cc1cc(-c2c3ccccc3c(N(c3ccc(C(C)(C)C)cc3)c3ccc(C(C)(C)C)cc3)c3ccccc23)cc(-c2ccc3ccc4cc(C(C)(C)C)cc5ccc2c3c45)c1. The third-order valence-corrected chi connectivity index (χ3v) is 13.3. The highest BCUT2D eigenvalue weighted by atomic mass is 15.1. The standard InChI is InChI=1S/C61H57N/c1-38-33-42(49-31-21-39-19-20-40-36-46(61(8,9)10)37-41-22-32-52(49)57(39)55(40)41)35-43(34-38)56-50-15-11-13-17-53(50)58(54-18-14-12-16-51(54)56)62(47-27-23-44(24-28-47)59(2,3)4)48-29-25-45(26-30-48)60(5,6)7/h11-37H,1-10H3. The Labute approximate surface area is 368 Å². The van der Waals surface area contributed by atoms with Crippen LogP contribution >= 0.6 is 0 Å². The van der Waals surface area contributed by atoms with Gasteiger partial charge >= 0.3 is 0 Å². The average Bonchev–Trinajstić information content (AvgIpc) is 3.24. The van der Waals surface area contributed by atoms with Gasteiger partial charge in [0.2, 0.25) is 0 Å². The number of fused-ring (bicyclic) bond motifs is 2. The fourth-order valence-electron chi connectivity index (χ4n) is 9.87. The molecule has 10 aromatic rings. The Morgan fingerprint density at radius 2 is 0.806 bits per heavy atom. The molecule has 0 atom stereocenters. The minimum atomic E-state index is 0.0547. The molecule has 0 saturated carbocycles. The number of aryl methyl sites for hydroxylation is 1. The van der Waals surface area contributed by atoms with Crippen molar-refractivity contribution in [2.75, 3.05) is 4.90 Å². The molecule has 0 fully saturated rings. The van der Waals surface area contributed by atoms with Gasteiger partial charge in [0.05, 0.1) is 5.69 Å². The van der Waals surface area contributed by atoms with Gasteiger partial charge in [-0.15, -0.1) is 0 Å². The van der Waals surface area contributed by atoms with E-state index < -0.39 is 0 Å². The van der Waals surface area contributed by atoms with E-state index in [9.17, 15) is 0 Å². The Hall–Kier alpha value is -6.44. The smallest absolute Gasteiger partial charge is 0.0618 e. The van der Waals surface area contributed by atoms with Crippen LogP contribution in [-0.4, -0.2) is 0 Å². The monoisotopic (exact) mass is 803 g/mol. The zero-order valence-electron chi connectivity index (χ0n) is 38.0. The normalized spacial score (nSPS) is 12.7. The van der Waals surface area contributed by atoms with Gasteiger partial charge in [0.25, 0.3) is 0 Å². The first-order chi connectivity index (χ1) is 29.5. The van der Waals surface area contributed by atoms with Gasteiger partial charge in [0.15, 0.2) is 0 Å². The third-order valence-electron chi connectivity index (χ3n) is 13.3. The van der Waals surface area contributed by atoms with Gasteiger partial charge in [-0.3, -0.25) is 0 Å². The first kappa shape index (κ1) is 39.7. The minimum Gasteiger partial charge on any atom is -0.309 e. The molecule has 0 unspecified atom stereocenters. The summed E-state index contributed by atoms with van der Waals surface area (Å²) in [5, 5.41) is 12.9. The maximum atomic E-state index is 2.49. The van der Waals surface area contributed by atoms with Crippen molar-refractivity contribution >= 4 is 70.9 Å². The second-order valence-corrected chi connectivity index (χ2v) is 20.8. The van der Waals surface area contributed by atoms with Crippen molar-refractivity contribution in [1.82, 2.24) is 0 Å². The quantitative estimate of drug-likeness (QED) is 0.124. The lowest BCUT2D eigenvalue weighted by atomic mass is 9.82. The van der Waals surface area contributed by atoms with Crippen LogP contribution < -0.4 is 4.90 Å². The second-order valence-electron chi connectivity index (χ2n) is 20.8. The summed E-state index contributed by atoms with van der Waals surface area (Å²) in [5.41, 5.74) is 13.9. The Bertz CT molecular complexity index is 3190. The number of hydrogen-bond acceptors (Lipinski definition) is 1. The fourth-order valence-corrected chi connectivity index (χ4v) is 9.87. The molecule has 0 aliphatic rings. The Balaban J connectivity index is 1.20. The van der Waals surface area contributed by atoms with E-state index in [1.807, 2.05) is 0 Å². The van der Waals surface area contributed by atoms with Crippen LogP contribution in [0.15, 0.2) is 164 Å². The summed E-state index contributed by atoms with van der Waals surface area (Å²) in [5.74, 6) is 0. The van der Waals surface area contributed by atoms with E-state index in [0.717, 1.165) is 11.4 Å². The molecule has 0 amide bonds. The maximum absolute atomic E-state index is 2.49. The van der Waals surface area contributed by atoms with Gasteiger partial charge in [-0.1, -0.05) is 196 Å². The van der Waals surface area contributed by atoms with E-state index >= 15 is 0 Å². The highest BCUT2D eigenvalue weighted by molar-refractivity contribution is 6.26. The summed E-state index contributed by atoms with van der Waals surface area (Å²) in [7, 11) is 0. The van der Waals surface area contributed by atoms with Crippen molar-refractivity contribution in [2.45, 2.75) is 85.5 Å². The van der Waals surface area contributed by atoms with E-state index in [0.29, 0.717) is 0 Å². The predicted molar refractivity (Wildman–Crippen MR) is 272 cm³/mol. The van der Waals surface area contributed by atoms with E-state index in [1.165, 1.54) is 104 Å². The van der Waals surface area contributed by atoms with Gasteiger partial charge in [-0.25, -0.2) is 0 Å². The molecule has 62 heavy (non-hydrogen) atoms. The molecule has 0 aliphatic carbocycles. The lowest BCUT2D eigenvalue weighted by Gasteiger charge is -2.31. The summed E-state index contributed by atoms with van der Waals surface area (Å²) >= 11 is 0. The van der Waals surface area contributed by atoms with Crippen molar-refractivity contribution in [2.24, 2.45) is 0 Å². The molecular weight excluding hydrogens is 747 g/mol. The van der Waals surface area contributed by atoms with Crippen LogP contribution in [0.25, 0.3) is 76.1 Å². The molecule has 0 N–H and O–H groups in total. The van der Waals surface area contributed by atoms with E-state index in [4.69, 9.17) is 0 Å². The minimum absolute atomic E-state index is 0.0547. The van der Waals surface area contributed by atoms with Gasteiger partial charge in [0.1, 0.15) is 0 Å². The van der Waals surface area contributed by atoms with Crippen molar-refractivity contribution in [1.29, 1.82) is 0 Å². The molecule has 0 radical (unpaired) electrons. The molecule has 306 valence electrons. The molecular formula is C61H57N. The molecule has 10 rings (SSSR count). The topological polar surface area (TPSA) is 3.24 Å². The van der Waals surface area contributed by atoms with Crippen LogP contribution in [0.3, 0.4) is 0 Å². The zero-order chi connectivity index (χ0) is 43.3. The lowest BCUT2D eigenvalue weighted by Crippen LogP contribution is -2.15. The molecule has 1 nitrogen and oxygen atoms in total. The van der Waals surface area contributed by atoms with Crippen LogP contribution in [0, 0.1) is 6.92 Å². The largest absolute Gasteiger partial charge is 0.309 e. The van der Waals surface area contributed by atoms with Gasteiger partial charge in [-0.05, 0) is 141 Å². The average molecular weight is 804 g/mol. The maximum Gasteiger partial charge on any atom is 0.0618 e. The van der Waals surface area contributed by atoms with Crippen molar-refractivity contribution in [3.05, 3.63) is 186 Å². The molecule has 1 heteroatoms. The predicted octanol–water partition coefficient (Wildman–Crippen LogP) is 17.9. The summed E-state index contributed by atoms with van der Waals surface area (Å²) in [4.78, 5) is 2.49. The van der Waals surface area contributed by atoms with E-state index in [1.54, 1.807) is 0 Å². The first-order valence-corrected chi connectivity index (χ1v) is 22.3. The van der Waals surface area contributed by atoms with E-state index in [-0.39, 0.29) is 16.2 Å². The number of benzene rings is 10. The zero-order valence-corrected chi connectivity index (χ0v) is 38.0. The lowest BCUT2D eigenvalue weighted by molar-refractivity contribution is 0.590. The van der Waals surface area contributed by atoms with Crippen molar-refractivity contribution in [3.8, 4) is 22.3 Å². The van der Waals surface area contributed by atoms with Gasteiger partial charge in [-0.2, -0.15) is 0 Å². The van der Waals surface area contributed by atoms with Crippen LogP contribution in [0.2, 0.25) is 0 Å². The number of hydrogen-bond donors (Lipinski definition) is 0. The molecule has 0 bridgehead atoms. The highest BCUT2D eigenvalue weighted by Gasteiger charge is 2.25. The van der Waals surface area contributed by atoms with Gasteiger partial charge in [0, 0.05) is 22.1 Å². The number of nitrogens with zero attached hydrogens (tertiary/aromatic N) is 1. The molecule has 0 spiro atoms. The Morgan fingerprint density at radius 3 is 1.32 bits per heavy atom. The summed E-state index contributed by atoms with van der Waals surface area (Å²) < 4.78 is 0. The summed E-state index contributed by atoms with van der Waals surface area (Å²) in [6.45, 7) is 22.9.